The van der Waals surface area contributed by atoms with Crippen molar-refractivity contribution in [3.8, 4) is 0 Å². The zero-order valence-electron chi connectivity index (χ0n) is 23.1. The van der Waals surface area contributed by atoms with Gasteiger partial charge < -0.3 is 28.8 Å². The normalized spacial score (nSPS) is 56.6. The molecule has 214 valence electrons. The van der Waals surface area contributed by atoms with Crippen molar-refractivity contribution in [3.05, 3.63) is 23.8 Å². The molecule has 6 fully saturated rings. The van der Waals surface area contributed by atoms with Crippen LogP contribution in [-0.2, 0) is 42.9 Å². The molecular formula is C30H34O10. The van der Waals surface area contributed by atoms with E-state index in [4.69, 9.17) is 23.7 Å². The van der Waals surface area contributed by atoms with E-state index in [0.717, 1.165) is 5.57 Å². The molecule has 40 heavy (non-hydrogen) atoms. The first kappa shape index (κ1) is 25.2. The largest absolute Gasteiger partial charge is 0.458 e. The molecule has 10 nitrogen and oxygen atoms in total. The van der Waals surface area contributed by atoms with E-state index >= 15 is 4.79 Å². The van der Waals surface area contributed by atoms with Gasteiger partial charge in [-0.05, 0) is 56.4 Å². The molecule has 0 aromatic heterocycles. The number of hydrogen-bond acceptors (Lipinski definition) is 10. The molecule has 5 aliphatic heterocycles. The van der Waals surface area contributed by atoms with Gasteiger partial charge in [0.05, 0.1) is 18.4 Å². The molecule has 2 spiro atoms. The molecule has 10 heteroatoms. The Bertz CT molecular complexity index is 1370. The van der Waals surface area contributed by atoms with Crippen LogP contribution in [0.15, 0.2) is 23.8 Å². The third kappa shape index (κ3) is 2.33. The van der Waals surface area contributed by atoms with Crippen LogP contribution in [0.25, 0.3) is 0 Å². The summed E-state index contributed by atoms with van der Waals surface area (Å²) in [5, 5.41) is 12.5. The number of hydrogen-bond donors (Lipinski definition) is 1. The molecule has 5 bridgehead atoms. The zero-order valence-corrected chi connectivity index (χ0v) is 23.1. The van der Waals surface area contributed by atoms with Crippen LogP contribution in [0.2, 0.25) is 0 Å². The molecule has 0 aromatic rings. The van der Waals surface area contributed by atoms with Crippen molar-refractivity contribution < 1.29 is 48.0 Å². The predicted octanol–water partition coefficient (Wildman–Crippen LogP) is 1.92. The van der Waals surface area contributed by atoms with Gasteiger partial charge in [-0.1, -0.05) is 31.6 Å². The summed E-state index contributed by atoms with van der Waals surface area (Å²) in [5.41, 5.74) is -6.18. The first-order valence-corrected chi connectivity index (χ1v) is 14.4. The number of ketones is 1. The number of aliphatic hydroxyl groups is 1. The molecule has 8 rings (SSSR count). The fourth-order valence-electron chi connectivity index (χ4n) is 10.5. The monoisotopic (exact) mass is 554 g/mol. The fourth-order valence-corrected chi connectivity index (χ4v) is 10.5. The third-order valence-corrected chi connectivity index (χ3v) is 12.4. The van der Waals surface area contributed by atoms with Gasteiger partial charge in [-0.3, -0.25) is 14.4 Å². The Morgan fingerprint density at radius 2 is 1.93 bits per heavy atom. The van der Waals surface area contributed by atoms with Crippen molar-refractivity contribution in [3.63, 3.8) is 0 Å². The summed E-state index contributed by atoms with van der Waals surface area (Å²) in [4.78, 5) is 54.4. The van der Waals surface area contributed by atoms with Crippen LogP contribution in [-0.4, -0.2) is 70.2 Å². The molecule has 0 radical (unpaired) electrons. The van der Waals surface area contributed by atoms with Crippen molar-refractivity contribution in [1.29, 1.82) is 0 Å². The van der Waals surface area contributed by atoms with Gasteiger partial charge in [-0.2, -0.15) is 0 Å². The predicted molar refractivity (Wildman–Crippen MR) is 133 cm³/mol. The molecule has 3 aliphatic carbocycles. The van der Waals surface area contributed by atoms with Crippen LogP contribution in [0.3, 0.4) is 0 Å². The minimum absolute atomic E-state index is 0.0246. The van der Waals surface area contributed by atoms with E-state index in [9.17, 15) is 19.5 Å². The van der Waals surface area contributed by atoms with Gasteiger partial charge in [-0.25, -0.2) is 4.79 Å². The lowest BCUT2D eigenvalue weighted by Crippen LogP contribution is -2.79. The van der Waals surface area contributed by atoms with Crippen LogP contribution in [0, 0.1) is 34.5 Å². The maximum absolute atomic E-state index is 15.0. The zero-order chi connectivity index (χ0) is 28.3. The van der Waals surface area contributed by atoms with Crippen molar-refractivity contribution in [2.24, 2.45) is 34.5 Å². The number of Topliss-reactive ketones (excluding diaryl/α,β-unsaturated/α-hetero) is 1. The highest BCUT2D eigenvalue weighted by atomic mass is 16.8. The quantitative estimate of drug-likeness (QED) is 0.291. The van der Waals surface area contributed by atoms with Crippen molar-refractivity contribution in [2.45, 2.75) is 94.6 Å². The Kier molecular flexibility index (Phi) is 4.45. The van der Waals surface area contributed by atoms with Gasteiger partial charge in [0.25, 0.3) is 0 Å². The highest BCUT2D eigenvalue weighted by Gasteiger charge is 2.93. The average Bonchev–Trinajstić information content (AvgIpc) is 3.20. The van der Waals surface area contributed by atoms with E-state index < -0.39 is 81.3 Å². The Morgan fingerprint density at radius 3 is 2.67 bits per heavy atom. The molecule has 0 amide bonds. The smallest absolute Gasteiger partial charge is 0.342 e. The Hall–Kier alpha value is -2.56. The summed E-state index contributed by atoms with van der Waals surface area (Å²) < 4.78 is 31.2. The molecule has 8 aliphatic rings. The summed E-state index contributed by atoms with van der Waals surface area (Å²) in [6.07, 6.45) is 6.20. The summed E-state index contributed by atoms with van der Waals surface area (Å²) >= 11 is 0. The van der Waals surface area contributed by atoms with E-state index in [2.05, 4.69) is 6.08 Å². The van der Waals surface area contributed by atoms with Gasteiger partial charge >= 0.3 is 17.9 Å². The van der Waals surface area contributed by atoms with Gasteiger partial charge in [-0.15, -0.1) is 0 Å². The van der Waals surface area contributed by atoms with E-state index in [-0.39, 0.29) is 24.7 Å². The van der Waals surface area contributed by atoms with Crippen LogP contribution in [0.1, 0.15) is 59.8 Å². The third-order valence-electron chi connectivity index (χ3n) is 12.4. The second-order valence-electron chi connectivity index (χ2n) is 13.8. The minimum Gasteiger partial charge on any atom is -0.458 e. The van der Waals surface area contributed by atoms with E-state index in [1.165, 1.54) is 6.92 Å². The lowest BCUT2D eigenvalue weighted by molar-refractivity contribution is -0.375. The highest BCUT2D eigenvalue weighted by Crippen LogP contribution is 2.75. The molecular weight excluding hydrogens is 520 g/mol. The van der Waals surface area contributed by atoms with Gasteiger partial charge in [0.1, 0.15) is 12.2 Å². The number of carbonyl (C=O) groups excluding carboxylic acids is 4. The minimum atomic E-state index is -2.18. The summed E-state index contributed by atoms with van der Waals surface area (Å²) in [6.45, 7) is 6.81. The van der Waals surface area contributed by atoms with Crippen molar-refractivity contribution >= 4 is 23.7 Å². The van der Waals surface area contributed by atoms with Crippen LogP contribution in [0.5, 0.6) is 0 Å². The SMILES string of the molecule is CC(=O)O[C@H]1C=CCC2=CC[C@@H]3[C@H](CC[C@@]4(O)C(=O)O[C@@]5(C)[C@H]6C[C@@]7(C)C8C(=O)[C@@]3(OC[C@H]7C(=O)O6)O[C@]845)[C@]21C. The number of ether oxygens (including phenoxy) is 5. The van der Waals surface area contributed by atoms with E-state index in [0.29, 0.717) is 25.7 Å². The van der Waals surface area contributed by atoms with Crippen LogP contribution < -0.4 is 0 Å². The molecule has 1 saturated carbocycles. The number of esters is 3. The lowest BCUT2D eigenvalue weighted by Gasteiger charge is -2.63. The van der Waals surface area contributed by atoms with Crippen molar-refractivity contribution in [2.75, 3.05) is 6.61 Å². The van der Waals surface area contributed by atoms with Crippen LogP contribution in [0.4, 0.5) is 0 Å². The second-order valence-corrected chi connectivity index (χ2v) is 13.8. The van der Waals surface area contributed by atoms with Gasteiger partial charge in [0.15, 0.2) is 22.6 Å². The summed E-state index contributed by atoms with van der Waals surface area (Å²) in [5.74, 6) is -6.62. The summed E-state index contributed by atoms with van der Waals surface area (Å²) in [7, 11) is 0. The maximum atomic E-state index is 15.0. The maximum Gasteiger partial charge on any atom is 0.342 e. The first-order valence-electron chi connectivity index (χ1n) is 14.4. The number of rotatable bonds is 1. The topological polar surface area (TPSA) is 135 Å². The molecule has 5 saturated heterocycles. The summed E-state index contributed by atoms with van der Waals surface area (Å²) in [6, 6.07) is 0. The van der Waals surface area contributed by atoms with E-state index in [1.807, 2.05) is 26.0 Å². The Morgan fingerprint density at radius 1 is 1.15 bits per heavy atom. The number of fused-ring (bicyclic) bond motifs is 5. The standard InChI is InChI=1S/C30H34O10/c1-14(31)37-19-7-5-6-15-8-9-17-16(26(15,19)3)10-11-28(35)24(34)39-27(4)20-12-25(2)18(23(33)38-20)13-36-29(17)22(32)21(25)30(27,28)40-29/h5,7-8,16-21,35H,6,9-13H2,1-4H3/t16-,17+,18-,19-,20+,21?,25+,26-,27-,28+,29-,30-/m0/s1. The first-order chi connectivity index (χ1) is 18.8. The van der Waals surface area contributed by atoms with Crippen LogP contribution >= 0.6 is 0 Å². The molecule has 0 aromatic carbocycles. The molecule has 1 unspecified atom stereocenters. The number of carbonyl (C=O) groups is 4. The van der Waals surface area contributed by atoms with E-state index in [1.54, 1.807) is 6.92 Å². The van der Waals surface area contributed by atoms with Gasteiger partial charge in [0, 0.05) is 18.3 Å². The average molecular weight is 555 g/mol. The Balaban J connectivity index is 1.39. The Labute approximate surface area is 231 Å². The van der Waals surface area contributed by atoms with Gasteiger partial charge in [0.2, 0.25) is 5.79 Å². The van der Waals surface area contributed by atoms with Crippen molar-refractivity contribution in [1.82, 2.24) is 0 Å². The number of allylic oxidation sites excluding steroid dienone is 2. The fraction of sp³-hybridized carbons (Fsp3) is 0.733. The molecule has 1 N–H and O–H groups in total. The second kappa shape index (κ2) is 7.07. The molecule has 12 atom stereocenters. The highest BCUT2D eigenvalue weighted by molar-refractivity contribution is 5.99. The molecule has 5 heterocycles. The lowest BCUT2D eigenvalue weighted by atomic mass is 9.46.